The number of carbonyl (C=O) groups is 3. The average molecular weight is 322 g/mol. The maximum atomic E-state index is 13.8. The van der Waals surface area contributed by atoms with Crippen LogP contribution < -0.4 is 5.32 Å². The number of ether oxygens (including phenoxy) is 1. The van der Waals surface area contributed by atoms with Crippen molar-refractivity contribution in [2.24, 2.45) is 0 Å². The predicted molar refractivity (Wildman–Crippen MR) is 80.1 cm³/mol. The number of amides is 2. The number of nitrogens with zero attached hydrogens (tertiary/aromatic N) is 1. The van der Waals surface area contributed by atoms with Crippen LogP contribution >= 0.6 is 0 Å². The van der Waals surface area contributed by atoms with Crippen LogP contribution in [0.5, 0.6) is 0 Å². The minimum absolute atomic E-state index is 0.121. The molecule has 0 saturated carbocycles. The minimum Gasteiger partial charge on any atom is -0.463 e. The Labute approximate surface area is 133 Å². The molecule has 2 amide bonds. The molecule has 1 unspecified atom stereocenters. The number of hydrogen-bond acceptors (Lipinski definition) is 4. The standard InChI is InChI=1S/C16H19FN2O4/c1-10(2)23-14(20)9-13-15(21)18-7-8-19(13)16(22)11-5-3-4-6-12(11)17/h3-6,10,13H,7-9H2,1-2H3,(H,18,21). The highest BCUT2D eigenvalue weighted by molar-refractivity contribution is 5.99. The molecule has 23 heavy (non-hydrogen) atoms. The molecule has 1 saturated heterocycles. The lowest BCUT2D eigenvalue weighted by molar-refractivity contribution is -0.151. The Balaban J connectivity index is 2.20. The van der Waals surface area contributed by atoms with Gasteiger partial charge in [0.1, 0.15) is 11.9 Å². The van der Waals surface area contributed by atoms with E-state index in [4.69, 9.17) is 4.74 Å². The summed E-state index contributed by atoms with van der Waals surface area (Å²) in [5.41, 5.74) is -0.121. The van der Waals surface area contributed by atoms with Crippen LogP contribution in [0, 0.1) is 5.82 Å². The summed E-state index contributed by atoms with van der Waals surface area (Å²) in [7, 11) is 0. The lowest BCUT2D eigenvalue weighted by Crippen LogP contribution is -2.58. The van der Waals surface area contributed by atoms with E-state index in [1.807, 2.05) is 0 Å². The van der Waals surface area contributed by atoms with Crippen LogP contribution in [0.3, 0.4) is 0 Å². The van der Waals surface area contributed by atoms with E-state index >= 15 is 0 Å². The third-order valence-electron chi connectivity index (χ3n) is 3.42. The second kappa shape index (κ2) is 7.21. The van der Waals surface area contributed by atoms with Crippen LogP contribution in [0.15, 0.2) is 24.3 Å². The first-order valence-corrected chi connectivity index (χ1v) is 7.43. The molecule has 1 fully saturated rings. The van der Waals surface area contributed by atoms with Crippen LogP contribution in [-0.2, 0) is 14.3 Å². The van der Waals surface area contributed by atoms with Gasteiger partial charge in [0.05, 0.1) is 18.1 Å². The van der Waals surface area contributed by atoms with Crippen molar-refractivity contribution in [1.29, 1.82) is 0 Å². The van der Waals surface area contributed by atoms with Gasteiger partial charge in [-0.2, -0.15) is 0 Å². The fraction of sp³-hybridized carbons (Fsp3) is 0.438. The van der Waals surface area contributed by atoms with Crippen LogP contribution in [0.2, 0.25) is 0 Å². The van der Waals surface area contributed by atoms with Crippen molar-refractivity contribution in [3.8, 4) is 0 Å². The molecule has 7 heteroatoms. The van der Waals surface area contributed by atoms with Gasteiger partial charge in [0.25, 0.3) is 5.91 Å². The molecule has 1 atom stereocenters. The summed E-state index contributed by atoms with van der Waals surface area (Å²) >= 11 is 0. The molecule has 1 heterocycles. The van der Waals surface area contributed by atoms with Gasteiger partial charge < -0.3 is 15.0 Å². The predicted octanol–water partition coefficient (Wildman–Crippen LogP) is 1.11. The van der Waals surface area contributed by atoms with Crippen LogP contribution in [0.1, 0.15) is 30.6 Å². The zero-order valence-corrected chi connectivity index (χ0v) is 13.0. The van der Waals surface area contributed by atoms with E-state index in [1.165, 1.54) is 23.1 Å². The number of carbonyl (C=O) groups excluding carboxylic acids is 3. The van der Waals surface area contributed by atoms with Gasteiger partial charge in [-0.1, -0.05) is 12.1 Å². The molecule has 6 nitrogen and oxygen atoms in total. The molecule has 1 aliphatic heterocycles. The minimum atomic E-state index is -0.998. The Bertz CT molecular complexity index is 618. The monoisotopic (exact) mass is 322 g/mol. The van der Waals surface area contributed by atoms with Gasteiger partial charge >= 0.3 is 5.97 Å². The van der Waals surface area contributed by atoms with E-state index in [0.717, 1.165) is 0 Å². The number of benzene rings is 1. The van der Waals surface area contributed by atoms with Gasteiger partial charge in [0.2, 0.25) is 5.91 Å². The van der Waals surface area contributed by atoms with E-state index in [2.05, 4.69) is 5.32 Å². The molecule has 0 aromatic heterocycles. The van der Waals surface area contributed by atoms with Gasteiger partial charge in [-0.05, 0) is 26.0 Å². The van der Waals surface area contributed by atoms with Crippen LogP contribution in [-0.4, -0.2) is 47.9 Å². The molecule has 124 valence electrons. The van der Waals surface area contributed by atoms with Crippen molar-refractivity contribution < 1.29 is 23.5 Å². The number of hydrogen-bond donors (Lipinski definition) is 1. The largest absolute Gasteiger partial charge is 0.463 e. The van der Waals surface area contributed by atoms with Crippen molar-refractivity contribution in [1.82, 2.24) is 10.2 Å². The van der Waals surface area contributed by atoms with E-state index in [1.54, 1.807) is 19.9 Å². The van der Waals surface area contributed by atoms with Crippen molar-refractivity contribution in [2.45, 2.75) is 32.4 Å². The first-order valence-electron chi connectivity index (χ1n) is 7.43. The quantitative estimate of drug-likeness (QED) is 0.843. The van der Waals surface area contributed by atoms with Crippen molar-refractivity contribution in [3.05, 3.63) is 35.6 Å². The molecule has 0 bridgehead atoms. The highest BCUT2D eigenvalue weighted by Crippen LogP contribution is 2.17. The smallest absolute Gasteiger partial charge is 0.308 e. The summed E-state index contributed by atoms with van der Waals surface area (Å²) in [5, 5.41) is 2.61. The first kappa shape index (κ1) is 16.9. The fourth-order valence-corrected chi connectivity index (χ4v) is 2.42. The molecule has 0 spiro atoms. The van der Waals surface area contributed by atoms with E-state index in [9.17, 15) is 18.8 Å². The molecule has 1 aromatic carbocycles. The maximum absolute atomic E-state index is 13.8. The number of piperazine rings is 1. The third kappa shape index (κ3) is 4.06. The number of rotatable bonds is 4. The van der Waals surface area contributed by atoms with Crippen LogP contribution in [0.4, 0.5) is 4.39 Å². The van der Waals surface area contributed by atoms with Gasteiger partial charge in [-0.3, -0.25) is 14.4 Å². The Hall–Kier alpha value is -2.44. The highest BCUT2D eigenvalue weighted by Gasteiger charge is 2.36. The first-order chi connectivity index (χ1) is 10.9. The van der Waals surface area contributed by atoms with E-state index in [-0.39, 0.29) is 31.2 Å². The number of nitrogens with one attached hydrogen (secondary N) is 1. The Morgan fingerprint density at radius 2 is 2.09 bits per heavy atom. The molecule has 1 aliphatic rings. The molecule has 1 aromatic rings. The highest BCUT2D eigenvalue weighted by atomic mass is 19.1. The normalized spacial score (nSPS) is 17.8. The number of halogens is 1. The van der Waals surface area contributed by atoms with Crippen molar-refractivity contribution in [3.63, 3.8) is 0 Å². The molecule has 1 N–H and O–H groups in total. The van der Waals surface area contributed by atoms with Gasteiger partial charge in [-0.15, -0.1) is 0 Å². The lowest BCUT2D eigenvalue weighted by Gasteiger charge is -2.34. The topological polar surface area (TPSA) is 75.7 Å². The SMILES string of the molecule is CC(C)OC(=O)CC1C(=O)NCCN1C(=O)c1ccccc1F. The second-order valence-electron chi connectivity index (χ2n) is 5.53. The zero-order valence-electron chi connectivity index (χ0n) is 13.0. The van der Waals surface area contributed by atoms with Crippen molar-refractivity contribution in [2.75, 3.05) is 13.1 Å². The molecule has 2 rings (SSSR count). The number of esters is 1. The van der Waals surface area contributed by atoms with E-state index < -0.39 is 29.6 Å². The third-order valence-corrected chi connectivity index (χ3v) is 3.42. The molecular formula is C16H19FN2O4. The molecule has 0 aliphatic carbocycles. The van der Waals surface area contributed by atoms with E-state index in [0.29, 0.717) is 0 Å². The maximum Gasteiger partial charge on any atom is 0.308 e. The lowest BCUT2D eigenvalue weighted by atomic mass is 10.1. The summed E-state index contributed by atoms with van der Waals surface area (Å²) in [6.45, 7) is 3.86. The van der Waals surface area contributed by atoms with Gasteiger partial charge in [0.15, 0.2) is 0 Å². The average Bonchev–Trinajstić information content (AvgIpc) is 2.48. The zero-order chi connectivity index (χ0) is 17.0. The summed E-state index contributed by atoms with van der Waals surface area (Å²) < 4.78 is 18.8. The molecular weight excluding hydrogens is 303 g/mol. The summed E-state index contributed by atoms with van der Waals surface area (Å²) in [6, 6.07) is 4.56. The van der Waals surface area contributed by atoms with Crippen LogP contribution in [0.25, 0.3) is 0 Å². The van der Waals surface area contributed by atoms with Crippen molar-refractivity contribution >= 4 is 17.8 Å². The van der Waals surface area contributed by atoms with Gasteiger partial charge in [0, 0.05) is 13.1 Å². The summed E-state index contributed by atoms with van der Waals surface area (Å²) in [6.07, 6.45) is -0.575. The summed E-state index contributed by atoms with van der Waals surface area (Å²) in [5.74, 6) is -2.29. The fourth-order valence-electron chi connectivity index (χ4n) is 2.42. The second-order valence-corrected chi connectivity index (χ2v) is 5.53. The Morgan fingerprint density at radius 3 is 2.74 bits per heavy atom. The summed E-state index contributed by atoms with van der Waals surface area (Å²) in [4.78, 5) is 37.6. The Kier molecular flexibility index (Phi) is 5.31. The molecule has 0 radical (unpaired) electrons. The Morgan fingerprint density at radius 1 is 1.39 bits per heavy atom. The van der Waals surface area contributed by atoms with Gasteiger partial charge in [-0.25, -0.2) is 4.39 Å².